The third kappa shape index (κ3) is 4.30. The van der Waals surface area contributed by atoms with Crippen molar-refractivity contribution in [1.29, 1.82) is 0 Å². The standard InChI is InChI=1S/C20H26N4O3/c1-4-5-8-21-20-22-9-6-16(23-20)19(25)24-10-7-14-11-17(26-2)18(27-3)12-15(14)13-24/h6,9,11-12H,4-5,7-8,10,13H2,1-3H3,(H,21,22,23). The smallest absolute Gasteiger partial charge is 0.272 e. The van der Waals surface area contributed by atoms with Crippen molar-refractivity contribution < 1.29 is 14.3 Å². The SMILES string of the molecule is CCCCNc1nccc(C(=O)N2CCc3cc(OC)c(OC)cc3C2)n1. The van der Waals surface area contributed by atoms with Crippen LogP contribution in [0.15, 0.2) is 24.4 Å². The molecule has 2 aromatic rings. The van der Waals surface area contributed by atoms with Crippen LogP contribution in [-0.4, -0.2) is 48.1 Å². The summed E-state index contributed by atoms with van der Waals surface area (Å²) in [6, 6.07) is 5.61. The summed E-state index contributed by atoms with van der Waals surface area (Å²) in [5.74, 6) is 1.80. The van der Waals surface area contributed by atoms with Crippen molar-refractivity contribution in [2.45, 2.75) is 32.7 Å². The fourth-order valence-electron chi connectivity index (χ4n) is 3.16. The van der Waals surface area contributed by atoms with Crippen molar-refractivity contribution in [3.63, 3.8) is 0 Å². The van der Waals surface area contributed by atoms with E-state index in [1.807, 2.05) is 17.0 Å². The number of nitrogens with one attached hydrogen (secondary N) is 1. The van der Waals surface area contributed by atoms with Gasteiger partial charge in [0, 0.05) is 25.8 Å². The first kappa shape index (κ1) is 18.9. The molecule has 0 radical (unpaired) electrons. The number of unbranched alkanes of at least 4 members (excludes halogenated alkanes) is 1. The number of rotatable bonds is 7. The van der Waals surface area contributed by atoms with Gasteiger partial charge in [-0.2, -0.15) is 0 Å². The predicted molar refractivity (Wildman–Crippen MR) is 103 cm³/mol. The third-order valence-electron chi connectivity index (χ3n) is 4.69. The number of hydrogen-bond acceptors (Lipinski definition) is 6. The number of hydrogen-bond donors (Lipinski definition) is 1. The van der Waals surface area contributed by atoms with Gasteiger partial charge in [0.15, 0.2) is 11.5 Å². The zero-order valence-corrected chi connectivity index (χ0v) is 16.1. The number of anilines is 1. The Labute approximate surface area is 159 Å². The molecular formula is C20H26N4O3. The van der Waals surface area contributed by atoms with E-state index in [2.05, 4.69) is 22.2 Å². The van der Waals surface area contributed by atoms with Gasteiger partial charge < -0.3 is 19.7 Å². The Morgan fingerprint density at radius 1 is 1.22 bits per heavy atom. The van der Waals surface area contributed by atoms with Crippen LogP contribution in [0.1, 0.15) is 41.4 Å². The summed E-state index contributed by atoms with van der Waals surface area (Å²) in [4.78, 5) is 23.3. The maximum atomic E-state index is 12.9. The van der Waals surface area contributed by atoms with Crippen molar-refractivity contribution >= 4 is 11.9 Å². The summed E-state index contributed by atoms with van der Waals surface area (Å²) in [5.41, 5.74) is 2.66. The van der Waals surface area contributed by atoms with Gasteiger partial charge in [0.25, 0.3) is 5.91 Å². The molecule has 0 atom stereocenters. The summed E-state index contributed by atoms with van der Waals surface area (Å²) < 4.78 is 10.8. The zero-order chi connectivity index (χ0) is 19.2. The molecule has 0 unspecified atom stereocenters. The maximum absolute atomic E-state index is 12.9. The Kier molecular flexibility index (Phi) is 6.11. The molecule has 2 heterocycles. The molecule has 144 valence electrons. The third-order valence-corrected chi connectivity index (χ3v) is 4.69. The highest BCUT2D eigenvalue weighted by molar-refractivity contribution is 5.92. The molecule has 7 heteroatoms. The first-order chi connectivity index (χ1) is 13.2. The van der Waals surface area contributed by atoms with Crippen LogP contribution in [0.25, 0.3) is 0 Å². The van der Waals surface area contributed by atoms with Crippen molar-refractivity contribution in [3.05, 3.63) is 41.2 Å². The van der Waals surface area contributed by atoms with Gasteiger partial charge in [-0.15, -0.1) is 0 Å². The number of aromatic nitrogens is 2. The predicted octanol–water partition coefficient (Wildman–Crippen LogP) is 2.90. The van der Waals surface area contributed by atoms with Gasteiger partial charge in [-0.25, -0.2) is 9.97 Å². The van der Waals surface area contributed by atoms with E-state index in [-0.39, 0.29) is 5.91 Å². The van der Waals surface area contributed by atoms with Gasteiger partial charge in [0.2, 0.25) is 5.95 Å². The van der Waals surface area contributed by atoms with E-state index in [1.54, 1.807) is 26.5 Å². The highest BCUT2D eigenvalue weighted by Crippen LogP contribution is 2.33. The average molecular weight is 370 g/mol. The van der Waals surface area contributed by atoms with E-state index in [4.69, 9.17) is 9.47 Å². The van der Waals surface area contributed by atoms with Crippen LogP contribution in [0.3, 0.4) is 0 Å². The van der Waals surface area contributed by atoms with Gasteiger partial charge in [-0.1, -0.05) is 13.3 Å². The second-order valence-corrected chi connectivity index (χ2v) is 6.50. The molecule has 1 N–H and O–H groups in total. The van der Waals surface area contributed by atoms with Crippen LogP contribution >= 0.6 is 0 Å². The lowest BCUT2D eigenvalue weighted by Crippen LogP contribution is -2.36. The molecule has 3 rings (SSSR count). The minimum atomic E-state index is -0.0867. The Hall–Kier alpha value is -2.83. The lowest BCUT2D eigenvalue weighted by atomic mass is 9.98. The Bertz CT molecular complexity index is 810. The fourth-order valence-corrected chi connectivity index (χ4v) is 3.16. The van der Waals surface area contributed by atoms with Gasteiger partial charge in [0.05, 0.1) is 14.2 Å². The second kappa shape index (κ2) is 8.70. The molecule has 27 heavy (non-hydrogen) atoms. The lowest BCUT2D eigenvalue weighted by molar-refractivity contribution is 0.0728. The Morgan fingerprint density at radius 3 is 2.67 bits per heavy atom. The van der Waals surface area contributed by atoms with Gasteiger partial charge in [-0.05, 0) is 42.2 Å². The summed E-state index contributed by atoms with van der Waals surface area (Å²) in [5, 5.41) is 3.16. The number of fused-ring (bicyclic) bond motifs is 1. The van der Waals surface area contributed by atoms with Gasteiger partial charge >= 0.3 is 0 Å². The van der Waals surface area contributed by atoms with Crippen LogP contribution in [0.4, 0.5) is 5.95 Å². The zero-order valence-electron chi connectivity index (χ0n) is 16.1. The summed E-state index contributed by atoms with van der Waals surface area (Å²) in [6.07, 6.45) is 4.53. The first-order valence-corrected chi connectivity index (χ1v) is 9.26. The van der Waals surface area contributed by atoms with Gasteiger partial charge in [-0.3, -0.25) is 4.79 Å². The molecule has 0 bridgehead atoms. The highest BCUT2D eigenvalue weighted by Gasteiger charge is 2.24. The van der Waals surface area contributed by atoms with Crippen LogP contribution < -0.4 is 14.8 Å². The van der Waals surface area contributed by atoms with E-state index < -0.39 is 0 Å². The van der Waals surface area contributed by atoms with E-state index in [1.165, 1.54) is 5.56 Å². The van der Waals surface area contributed by atoms with E-state index in [9.17, 15) is 4.79 Å². The maximum Gasteiger partial charge on any atom is 0.272 e. The Balaban J connectivity index is 1.75. The number of ether oxygens (including phenoxy) is 2. The number of benzene rings is 1. The second-order valence-electron chi connectivity index (χ2n) is 6.50. The molecule has 1 aromatic heterocycles. The monoisotopic (exact) mass is 370 g/mol. The average Bonchev–Trinajstić information content (AvgIpc) is 2.72. The van der Waals surface area contributed by atoms with Crippen molar-refractivity contribution in [2.24, 2.45) is 0 Å². The van der Waals surface area contributed by atoms with E-state index >= 15 is 0 Å². The lowest BCUT2D eigenvalue weighted by Gasteiger charge is -2.29. The van der Waals surface area contributed by atoms with Crippen LogP contribution in [-0.2, 0) is 13.0 Å². The molecule has 0 saturated heterocycles. The molecule has 1 aliphatic heterocycles. The number of methoxy groups -OCH3 is 2. The summed E-state index contributed by atoms with van der Waals surface area (Å²) >= 11 is 0. The minimum absolute atomic E-state index is 0.0867. The number of nitrogens with zero attached hydrogens (tertiary/aromatic N) is 3. The topological polar surface area (TPSA) is 76.6 Å². The largest absolute Gasteiger partial charge is 0.493 e. The van der Waals surface area contributed by atoms with Crippen LogP contribution in [0.2, 0.25) is 0 Å². The number of amides is 1. The summed E-state index contributed by atoms with van der Waals surface area (Å²) in [6.45, 7) is 4.09. The Morgan fingerprint density at radius 2 is 1.96 bits per heavy atom. The number of carbonyl (C=O) groups is 1. The molecule has 0 saturated carbocycles. The van der Waals surface area contributed by atoms with Crippen molar-refractivity contribution in [1.82, 2.24) is 14.9 Å². The van der Waals surface area contributed by atoms with Crippen LogP contribution in [0, 0.1) is 0 Å². The van der Waals surface area contributed by atoms with Crippen molar-refractivity contribution in [3.8, 4) is 11.5 Å². The first-order valence-electron chi connectivity index (χ1n) is 9.26. The molecule has 0 fully saturated rings. The van der Waals surface area contributed by atoms with Gasteiger partial charge in [0.1, 0.15) is 5.69 Å². The molecule has 7 nitrogen and oxygen atoms in total. The van der Waals surface area contributed by atoms with E-state index in [0.717, 1.165) is 37.1 Å². The molecule has 0 spiro atoms. The quantitative estimate of drug-likeness (QED) is 0.755. The van der Waals surface area contributed by atoms with Crippen molar-refractivity contribution in [2.75, 3.05) is 32.6 Å². The molecule has 1 aromatic carbocycles. The molecule has 1 aliphatic rings. The highest BCUT2D eigenvalue weighted by atomic mass is 16.5. The van der Waals surface area contributed by atoms with E-state index in [0.29, 0.717) is 30.5 Å². The number of carbonyl (C=O) groups excluding carboxylic acids is 1. The van der Waals surface area contributed by atoms with Crippen LogP contribution in [0.5, 0.6) is 11.5 Å². The molecule has 1 amide bonds. The molecular weight excluding hydrogens is 344 g/mol. The molecule has 0 aliphatic carbocycles. The normalized spacial score (nSPS) is 13.1. The fraction of sp³-hybridized carbons (Fsp3) is 0.450. The summed E-state index contributed by atoms with van der Waals surface area (Å²) in [7, 11) is 3.24. The minimum Gasteiger partial charge on any atom is -0.493 e.